The third-order valence-electron chi connectivity index (χ3n) is 3.19. The van der Waals surface area contributed by atoms with Crippen molar-refractivity contribution in [3.63, 3.8) is 0 Å². The first-order chi connectivity index (χ1) is 8.11. The molecular weight excluding hydrogens is 208 g/mol. The number of aryl methyl sites for hydroxylation is 1. The number of nitrogen functional groups attached to an aromatic ring is 1. The molecule has 2 rings (SSSR count). The molecule has 17 heavy (non-hydrogen) atoms. The van der Waals surface area contributed by atoms with E-state index in [1.807, 2.05) is 12.1 Å². The third-order valence-corrected chi connectivity index (χ3v) is 3.19. The Morgan fingerprint density at radius 3 is 2.24 bits per heavy atom. The molecule has 2 aromatic rings. The molecule has 0 bridgehead atoms. The van der Waals surface area contributed by atoms with Gasteiger partial charge in [-0.3, -0.25) is 0 Å². The number of nitrogens with zero attached hydrogens (tertiary/aromatic N) is 1. The molecule has 0 radical (unpaired) electrons. The van der Waals surface area contributed by atoms with Crippen molar-refractivity contribution in [3.05, 3.63) is 53.6 Å². The normalized spacial score (nSPS) is 10.3. The lowest BCUT2D eigenvalue weighted by atomic mass is 10.1. The number of anilines is 3. The predicted octanol–water partition coefficient (Wildman–Crippen LogP) is 3.65. The average Bonchev–Trinajstić information content (AvgIpc) is 2.32. The molecule has 0 aliphatic carbocycles. The number of rotatable bonds is 2. The molecule has 0 aliphatic rings. The summed E-state index contributed by atoms with van der Waals surface area (Å²) < 4.78 is 0. The van der Waals surface area contributed by atoms with Crippen LogP contribution >= 0.6 is 0 Å². The highest BCUT2D eigenvalue weighted by Gasteiger charge is 2.09. The van der Waals surface area contributed by atoms with Gasteiger partial charge in [-0.2, -0.15) is 0 Å². The maximum atomic E-state index is 5.95. The van der Waals surface area contributed by atoms with E-state index in [1.54, 1.807) is 0 Å². The summed E-state index contributed by atoms with van der Waals surface area (Å²) >= 11 is 0. The SMILES string of the molecule is Cc1ccccc1N(C)c1cccc(N)c1C. The maximum absolute atomic E-state index is 5.95. The van der Waals surface area contributed by atoms with Crippen LogP contribution in [-0.4, -0.2) is 7.05 Å². The van der Waals surface area contributed by atoms with Gasteiger partial charge in [0.1, 0.15) is 0 Å². The van der Waals surface area contributed by atoms with E-state index in [-0.39, 0.29) is 0 Å². The predicted molar refractivity (Wildman–Crippen MR) is 74.8 cm³/mol. The van der Waals surface area contributed by atoms with E-state index in [4.69, 9.17) is 5.73 Å². The number of hydrogen-bond donors (Lipinski definition) is 1. The van der Waals surface area contributed by atoms with Crippen LogP contribution in [0.15, 0.2) is 42.5 Å². The summed E-state index contributed by atoms with van der Waals surface area (Å²) in [7, 11) is 2.07. The van der Waals surface area contributed by atoms with E-state index in [9.17, 15) is 0 Å². The van der Waals surface area contributed by atoms with Crippen LogP contribution in [0.2, 0.25) is 0 Å². The van der Waals surface area contributed by atoms with Gasteiger partial charge < -0.3 is 10.6 Å². The fraction of sp³-hybridized carbons (Fsp3) is 0.200. The molecule has 0 spiro atoms. The Bertz CT molecular complexity index is 532. The van der Waals surface area contributed by atoms with E-state index < -0.39 is 0 Å². The standard InChI is InChI=1S/C15H18N2/c1-11-7-4-5-9-14(11)17(3)15-10-6-8-13(16)12(15)2/h4-10H,16H2,1-3H3. The largest absolute Gasteiger partial charge is 0.398 e. The minimum Gasteiger partial charge on any atom is -0.398 e. The molecule has 2 heteroatoms. The first-order valence-electron chi connectivity index (χ1n) is 5.75. The van der Waals surface area contributed by atoms with Crippen molar-refractivity contribution in [2.45, 2.75) is 13.8 Å². The minimum atomic E-state index is 0.836. The van der Waals surface area contributed by atoms with E-state index in [0.717, 1.165) is 16.9 Å². The van der Waals surface area contributed by atoms with E-state index in [2.05, 4.69) is 56.1 Å². The van der Waals surface area contributed by atoms with Crippen molar-refractivity contribution >= 4 is 17.1 Å². The number of hydrogen-bond acceptors (Lipinski definition) is 2. The summed E-state index contributed by atoms with van der Waals surface area (Å²) in [5, 5.41) is 0. The summed E-state index contributed by atoms with van der Waals surface area (Å²) in [5.74, 6) is 0. The second-order valence-electron chi connectivity index (χ2n) is 4.34. The monoisotopic (exact) mass is 226 g/mol. The summed E-state index contributed by atoms with van der Waals surface area (Å²) in [4.78, 5) is 2.18. The van der Waals surface area contributed by atoms with E-state index >= 15 is 0 Å². The molecule has 0 aromatic heterocycles. The molecule has 0 aliphatic heterocycles. The molecule has 0 atom stereocenters. The van der Waals surface area contributed by atoms with Crippen molar-refractivity contribution in [1.29, 1.82) is 0 Å². The molecule has 0 unspecified atom stereocenters. The third kappa shape index (κ3) is 2.11. The minimum absolute atomic E-state index is 0.836. The first kappa shape index (κ1) is 11.5. The van der Waals surface area contributed by atoms with Gasteiger partial charge in [0.15, 0.2) is 0 Å². The highest BCUT2D eigenvalue weighted by atomic mass is 15.1. The van der Waals surface area contributed by atoms with Crippen molar-refractivity contribution in [1.82, 2.24) is 0 Å². The molecule has 2 aromatic carbocycles. The van der Waals surface area contributed by atoms with Gasteiger partial charge in [-0.15, -0.1) is 0 Å². The lowest BCUT2D eigenvalue weighted by Crippen LogP contribution is -2.12. The Morgan fingerprint density at radius 1 is 0.882 bits per heavy atom. The second-order valence-corrected chi connectivity index (χ2v) is 4.34. The van der Waals surface area contributed by atoms with E-state index in [0.29, 0.717) is 0 Å². The van der Waals surface area contributed by atoms with E-state index in [1.165, 1.54) is 11.3 Å². The Labute approximate surface area is 103 Å². The number of nitrogens with two attached hydrogens (primary N) is 1. The molecule has 88 valence electrons. The van der Waals surface area contributed by atoms with Crippen molar-refractivity contribution in [2.75, 3.05) is 17.7 Å². The molecule has 0 saturated carbocycles. The molecular formula is C15H18N2. The molecule has 0 fully saturated rings. The van der Waals surface area contributed by atoms with Gasteiger partial charge in [0.05, 0.1) is 0 Å². The van der Waals surface area contributed by atoms with Crippen molar-refractivity contribution in [3.8, 4) is 0 Å². The van der Waals surface area contributed by atoms with Crippen molar-refractivity contribution < 1.29 is 0 Å². The Kier molecular flexibility index (Phi) is 3.05. The lowest BCUT2D eigenvalue weighted by Gasteiger charge is -2.24. The van der Waals surface area contributed by atoms with Gasteiger partial charge in [0.2, 0.25) is 0 Å². The number of para-hydroxylation sites is 1. The van der Waals surface area contributed by atoms with Gasteiger partial charge in [-0.25, -0.2) is 0 Å². The van der Waals surface area contributed by atoms with Crippen LogP contribution in [0, 0.1) is 13.8 Å². The molecule has 0 saturated heterocycles. The summed E-state index contributed by atoms with van der Waals surface area (Å²) in [6.07, 6.45) is 0. The Balaban J connectivity index is 2.48. The van der Waals surface area contributed by atoms with Crippen LogP contribution < -0.4 is 10.6 Å². The maximum Gasteiger partial charge on any atom is 0.0458 e. The molecule has 0 heterocycles. The van der Waals surface area contributed by atoms with Gasteiger partial charge in [-0.05, 0) is 43.2 Å². The topological polar surface area (TPSA) is 29.3 Å². The second kappa shape index (κ2) is 4.50. The average molecular weight is 226 g/mol. The highest BCUT2D eigenvalue weighted by molar-refractivity contribution is 5.72. The zero-order valence-corrected chi connectivity index (χ0v) is 10.6. The van der Waals surface area contributed by atoms with Crippen LogP contribution in [0.3, 0.4) is 0 Å². The van der Waals surface area contributed by atoms with Crippen LogP contribution in [0.25, 0.3) is 0 Å². The quantitative estimate of drug-likeness (QED) is 0.792. The lowest BCUT2D eigenvalue weighted by molar-refractivity contribution is 1.17. The molecule has 2 nitrogen and oxygen atoms in total. The van der Waals surface area contributed by atoms with Gasteiger partial charge in [-0.1, -0.05) is 24.3 Å². The summed E-state index contributed by atoms with van der Waals surface area (Å²) in [6.45, 7) is 4.17. The van der Waals surface area contributed by atoms with Gasteiger partial charge >= 0.3 is 0 Å². The fourth-order valence-corrected chi connectivity index (χ4v) is 2.07. The Morgan fingerprint density at radius 2 is 1.53 bits per heavy atom. The Hall–Kier alpha value is -1.96. The van der Waals surface area contributed by atoms with Crippen LogP contribution in [0.4, 0.5) is 17.1 Å². The zero-order valence-electron chi connectivity index (χ0n) is 10.6. The highest BCUT2D eigenvalue weighted by Crippen LogP contribution is 2.31. The van der Waals surface area contributed by atoms with Crippen LogP contribution in [0.5, 0.6) is 0 Å². The molecule has 0 amide bonds. The summed E-state index contributed by atoms with van der Waals surface area (Å²) in [6, 6.07) is 14.4. The fourth-order valence-electron chi connectivity index (χ4n) is 2.07. The zero-order chi connectivity index (χ0) is 12.4. The first-order valence-corrected chi connectivity index (χ1v) is 5.75. The van der Waals surface area contributed by atoms with Gasteiger partial charge in [0.25, 0.3) is 0 Å². The molecule has 2 N–H and O–H groups in total. The number of benzene rings is 2. The smallest absolute Gasteiger partial charge is 0.0458 e. The van der Waals surface area contributed by atoms with Crippen LogP contribution in [-0.2, 0) is 0 Å². The van der Waals surface area contributed by atoms with Crippen LogP contribution in [0.1, 0.15) is 11.1 Å². The summed E-state index contributed by atoms with van der Waals surface area (Å²) in [5.41, 5.74) is 11.5. The van der Waals surface area contributed by atoms with Crippen molar-refractivity contribution in [2.24, 2.45) is 0 Å². The van der Waals surface area contributed by atoms with Gasteiger partial charge in [0, 0.05) is 24.1 Å².